The molecule has 3 heteroatoms. The maximum atomic E-state index is 11.6. The van der Waals surface area contributed by atoms with Gasteiger partial charge in [-0.25, -0.2) is 0 Å². The Balaban J connectivity index is 0. The summed E-state index contributed by atoms with van der Waals surface area (Å²) in [6.45, 7) is 7.25. The summed E-state index contributed by atoms with van der Waals surface area (Å²) >= 11 is 0. The zero-order valence-corrected chi connectivity index (χ0v) is 9.94. The molecule has 0 bridgehead atoms. The Morgan fingerprint density at radius 2 is 1.73 bits per heavy atom. The Bertz CT molecular complexity index is 151. The molecule has 1 N–H and O–H groups in total. The van der Waals surface area contributed by atoms with E-state index in [-0.39, 0.29) is 63.2 Å². The molecule has 0 spiro atoms. The fourth-order valence-electron chi connectivity index (χ4n) is 1.50. The van der Waals surface area contributed by atoms with E-state index in [9.17, 15) is 4.79 Å². The van der Waals surface area contributed by atoms with E-state index in [1.807, 2.05) is 0 Å². The van der Waals surface area contributed by atoms with Gasteiger partial charge in [0.25, 0.3) is 0 Å². The summed E-state index contributed by atoms with van der Waals surface area (Å²) in [6.07, 6.45) is 6.60. The monoisotopic (exact) mass is 239 g/mol. The summed E-state index contributed by atoms with van der Waals surface area (Å²) in [4.78, 5) is 11.6. The Hall–Kier alpha value is 1.11. The van der Waals surface area contributed by atoms with Crippen LogP contribution in [0.1, 0.15) is 59.3 Å². The van der Waals surface area contributed by atoms with E-state index in [1.54, 1.807) is 0 Å². The molecule has 0 aliphatic heterocycles. The molecule has 0 aromatic rings. The second-order valence-electron chi connectivity index (χ2n) is 3.89. The van der Waals surface area contributed by atoms with Crippen molar-refractivity contribution in [2.24, 2.45) is 5.92 Å². The van der Waals surface area contributed by atoms with E-state index in [2.05, 4.69) is 26.1 Å². The van der Waals surface area contributed by atoms with Crippen molar-refractivity contribution < 1.29 is 4.79 Å². The van der Waals surface area contributed by atoms with E-state index < -0.39 is 0 Å². The Morgan fingerprint density at radius 1 is 1.13 bits per heavy atom. The number of unbranched alkanes of at least 4 members (excludes halogenated alkanes) is 2. The van der Waals surface area contributed by atoms with Gasteiger partial charge in [0.15, 0.2) is 0 Å². The van der Waals surface area contributed by atoms with Crippen molar-refractivity contribution in [3.63, 3.8) is 0 Å². The molecule has 2 nitrogen and oxygen atoms in total. The van der Waals surface area contributed by atoms with Gasteiger partial charge in [-0.3, -0.25) is 4.79 Å². The van der Waals surface area contributed by atoms with Crippen LogP contribution in [0.2, 0.25) is 0 Å². The van der Waals surface area contributed by atoms with Crippen molar-refractivity contribution in [3.05, 3.63) is 0 Å². The van der Waals surface area contributed by atoms with Crippen LogP contribution in [0.15, 0.2) is 0 Å². The van der Waals surface area contributed by atoms with E-state index in [0.717, 1.165) is 32.2 Å². The van der Waals surface area contributed by atoms with E-state index in [0.29, 0.717) is 0 Å². The van der Waals surface area contributed by atoms with E-state index in [1.165, 1.54) is 12.8 Å². The summed E-state index contributed by atoms with van der Waals surface area (Å²) in [7, 11) is 0. The van der Waals surface area contributed by atoms with E-state index >= 15 is 0 Å². The number of carbonyl (C=O) groups excluding carboxylic acids is 1. The molecular weight excluding hydrogens is 213 g/mol. The number of amides is 1. The van der Waals surface area contributed by atoms with Crippen molar-refractivity contribution in [2.75, 3.05) is 6.54 Å². The fraction of sp³-hybridized carbons (Fsp3) is 0.917. The van der Waals surface area contributed by atoms with Crippen LogP contribution in [-0.2, 0) is 4.79 Å². The molecule has 0 saturated heterocycles. The molecule has 86 valence electrons. The summed E-state index contributed by atoms with van der Waals surface area (Å²) < 4.78 is 0. The first-order valence-electron chi connectivity index (χ1n) is 6.03. The van der Waals surface area contributed by atoms with Crippen LogP contribution in [0.25, 0.3) is 0 Å². The molecule has 0 aliphatic rings. The third-order valence-electron chi connectivity index (χ3n) is 2.60. The van der Waals surface area contributed by atoms with Gasteiger partial charge in [0.05, 0.1) is 0 Å². The van der Waals surface area contributed by atoms with Crippen molar-refractivity contribution in [1.82, 2.24) is 5.32 Å². The van der Waals surface area contributed by atoms with Crippen molar-refractivity contribution in [3.8, 4) is 0 Å². The molecule has 0 heterocycles. The third kappa shape index (κ3) is 10.0. The summed E-state index contributed by atoms with van der Waals surface area (Å²) in [5.74, 6) is 0.501. The Morgan fingerprint density at radius 3 is 2.20 bits per heavy atom. The van der Waals surface area contributed by atoms with Crippen LogP contribution in [0.4, 0.5) is 0 Å². The van der Waals surface area contributed by atoms with Gasteiger partial charge < -0.3 is 5.32 Å². The van der Waals surface area contributed by atoms with Crippen LogP contribution in [0.5, 0.6) is 0 Å². The second-order valence-corrected chi connectivity index (χ2v) is 3.89. The minimum atomic E-state index is 0. The van der Waals surface area contributed by atoms with Crippen LogP contribution in [0.3, 0.4) is 0 Å². The first-order valence-corrected chi connectivity index (χ1v) is 6.03. The molecule has 0 fully saturated rings. The third-order valence-corrected chi connectivity index (χ3v) is 2.60. The fourth-order valence-corrected chi connectivity index (χ4v) is 1.50. The number of rotatable bonds is 8. The molecule has 0 aromatic carbocycles. The number of hydrogen-bond donors (Lipinski definition) is 1. The summed E-state index contributed by atoms with van der Waals surface area (Å²) in [5.41, 5.74) is 0. The minimum absolute atomic E-state index is 0. The second kappa shape index (κ2) is 13.2. The predicted octanol–water partition coefficient (Wildman–Crippen LogP) is 2.47. The SMILES string of the molecule is CCCCNC(=O)C(CC)CCCC.[KH]. The molecular formula is C12H26KNO. The van der Waals surface area contributed by atoms with E-state index in [4.69, 9.17) is 0 Å². The van der Waals surface area contributed by atoms with Crippen molar-refractivity contribution in [1.29, 1.82) is 0 Å². The van der Waals surface area contributed by atoms with Crippen LogP contribution in [0, 0.1) is 5.92 Å². The zero-order chi connectivity index (χ0) is 10.8. The van der Waals surface area contributed by atoms with Gasteiger partial charge in [-0.15, -0.1) is 0 Å². The van der Waals surface area contributed by atoms with Crippen molar-refractivity contribution >= 4 is 57.3 Å². The quantitative estimate of drug-likeness (QED) is 0.512. The molecule has 15 heavy (non-hydrogen) atoms. The topological polar surface area (TPSA) is 29.1 Å². The zero-order valence-electron chi connectivity index (χ0n) is 9.94. The number of carbonyl (C=O) groups is 1. The molecule has 0 rings (SSSR count). The van der Waals surface area contributed by atoms with Gasteiger partial charge in [-0.2, -0.15) is 0 Å². The van der Waals surface area contributed by atoms with Gasteiger partial charge in [0, 0.05) is 12.5 Å². The van der Waals surface area contributed by atoms with Crippen molar-refractivity contribution in [2.45, 2.75) is 59.3 Å². The number of nitrogens with one attached hydrogen (secondary N) is 1. The maximum absolute atomic E-state index is 11.6. The average Bonchev–Trinajstić information content (AvgIpc) is 2.19. The van der Waals surface area contributed by atoms with Crippen LogP contribution in [-0.4, -0.2) is 63.8 Å². The first kappa shape index (κ1) is 18.5. The molecule has 1 amide bonds. The van der Waals surface area contributed by atoms with Gasteiger partial charge in [0.2, 0.25) is 5.91 Å². The molecule has 0 radical (unpaired) electrons. The van der Waals surface area contributed by atoms with Crippen LogP contribution >= 0.6 is 0 Å². The summed E-state index contributed by atoms with van der Waals surface area (Å²) in [6, 6.07) is 0. The normalized spacial score (nSPS) is 11.7. The van der Waals surface area contributed by atoms with Gasteiger partial charge in [0.1, 0.15) is 0 Å². The van der Waals surface area contributed by atoms with Crippen LogP contribution < -0.4 is 5.32 Å². The van der Waals surface area contributed by atoms with Gasteiger partial charge in [-0.1, -0.05) is 40.0 Å². The predicted molar refractivity (Wildman–Crippen MR) is 68.4 cm³/mol. The Kier molecular flexibility index (Phi) is 16.2. The molecule has 1 atom stereocenters. The molecule has 0 aliphatic carbocycles. The van der Waals surface area contributed by atoms with Gasteiger partial charge >= 0.3 is 51.4 Å². The summed E-state index contributed by atoms with van der Waals surface area (Å²) in [5, 5.41) is 3.00. The average molecular weight is 239 g/mol. The molecule has 0 saturated carbocycles. The molecule has 0 aromatic heterocycles. The number of hydrogen-bond acceptors (Lipinski definition) is 1. The Labute approximate surface area is 137 Å². The first-order chi connectivity index (χ1) is 6.76. The molecule has 1 unspecified atom stereocenters. The van der Waals surface area contributed by atoms with Gasteiger partial charge in [-0.05, 0) is 19.3 Å². The standard InChI is InChI=1S/C12H25NO.K.H/c1-4-7-9-11(6-3)12(14)13-10-8-5-2;;/h11H,4-10H2,1-3H3,(H,13,14);;.